The third-order valence-electron chi connectivity index (χ3n) is 1.94. The number of rotatable bonds is 3. The zero-order valence-corrected chi connectivity index (χ0v) is 7.66. The van der Waals surface area contributed by atoms with E-state index >= 15 is 0 Å². The second-order valence-electron chi connectivity index (χ2n) is 2.84. The second-order valence-corrected chi connectivity index (χ2v) is 2.84. The van der Waals surface area contributed by atoms with E-state index in [-0.39, 0.29) is 6.04 Å². The van der Waals surface area contributed by atoms with E-state index in [0.717, 1.165) is 5.56 Å². The number of methoxy groups -OCH3 is 1. The third-order valence-corrected chi connectivity index (χ3v) is 1.94. The zero-order valence-electron chi connectivity index (χ0n) is 7.66. The van der Waals surface area contributed by atoms with Crippen LogP contribution in [0.3, 0.4) is 0 Å². The quantitative estimate of drug-likeness (QED) is 0.583. The Bertz CT molecular complexity index is 288. The molecule has 1 aromatic rings. The molecule has 0 radical (unpaired) electrons. The van der Waals surface area contributed by atoms with Crippen LogP contribution in [0.5, 0.6) is 5.75 Å². The van der Waals surface area contributed by atoms with Crippen molar-refractivity contribution in [3.63, 3.8) is 0 Å². The van der Waals surface area contributed by atoms with Crippen molar-refractivity contribution in [1.29, 1.82) is 0 Å². The highest BCUT2D eigenvalue weighted by molar-refractivity contribution is 5.54. The molecule has 0 aromatic heterocycles. The summed E-state index contributed by atoms with van der Waals surface area (Å²) in [6.45, 7) is 0.409. The Morgan fingerprint density at radius 3 is 2.62 bits per heavy atom. The molecule has 0 fully saturated rings. The molecule has 0 aliphatic carbocycles. The van der Waals surface area contributed by atoms with Gasteiger partial charge < -0.3 is 21.9 Å². The van der Waals surface area contributed by atoms with Gasteiger partial charge in [0, 0.05) is 12.6 Å². The lowest BCUT2D eigenvalue weighted by Crippen LogP contribution is -2.20. The zero-order chi connectivity index (χ0) is 9.84. The summed E-state index contributed by atoms with van der Waals surface area (Å²) in [5, 5.41) is 0. The largest absolute Gasteiger partial charge is 0.495 e. The normalized spacial score (nSPS) is 12.5. The first-order chi connectivity index (χ1) is 6.19. The first-order valence-electron chi connectivity index (χ1n) is 4.08. The predicted octanol–water partition coefficient (Wildman–Crippen LogP) is 0.236. The number of benzene rings is 1. The molecule has 0 bridgehead atoms. The summed E-state index contributed by atoms with van der Waals surface area (Å²) in [6.07, 6.45) is 0. The van der Waals surface area contributed by atoms with Crippen molar-refractivity contribution in [2.24, 2.45) is 11.5 Å². The molecule has 1 atom stereocenters. The van der Waals surface area contributed by atoms with Crippen molar-refractivity contribution in [3.8, 4) is 5.75 Å². The van der Waals surface area contributed by atoms with E-state index in [1.807, 2.05) is 6.07 Å². The van der Waals surface area contributed by atoms with Gasteiger partial charge in [-0.25, -0.2) is 0 Å². The maximum absolute atomic E-state index is 5.73. The monoisotopic (exact) mass is 181 g/mol. The van der Waals surface area contributed by atoms with E-state index in [4.69, 9.17) is 21.9 Å². The van der Waals surface area contributed by atoms with Crippen molar-refractivity contribution in [1.82, 2.24) is 0 Å². The van der Waals surface area contributed by atoms with E-state index in [1.165, 1.54) is 0 Å². The minimum Gasteiger partial charge on any atom is -0.495 e. The number of nitrogens with two attached hydrogens (primary N) is 3. The molecule has 1 aromatic carbocycles. The molecule has 72 valence electrons. The highest BCUT2D eigenvalue weighted by Gasteiger charge is 2.06. The van der Waals surface area contributed by atoms with Crippen LogP contribution in [0.2, 0.25) is 0 Å². The molecule has 4 heteroatoms. The minimum atomic E-state index is -0.159. The first kappa shape index (κ1) is 9.83. The highest BCUT2D eigenvalue weighted by atomic mass is 16.5. The van der Waals surface area contributed by atoms with Crippen molar-refractivity contribution < 1.29 is 4.74 Å². The molecule has 1 unspecified atom stereocenters. The Morgan fingerprint density at radius 2 is 2.15 bits per heavy atom. The van der Waals surface area contributed by atoms with Gasteiger partial charge in [-0.2, -0.15) is 0 Å². The average Bonchev–Trinajstić information content (AvgIpc) is 2.16. The smallest absolute Gasteiger partial charge is 0.141 e. The summed E-state index contributed by atoms with van der Waals surface area (Å²) in [5.74, 6) is 0.660. The highest BCUT2D eigenvalue weighted by Crippen LogP contribution is 2.23. The van der Waals surface area contributed by atoms with E-state index in [1.54, 1.807) is 19.2 Å². The van der Waals surface area contributed by atoms with Crippen molar-refractivity contribution >= 4 is 5.69 Å². The molecule has 0 amide bonds. The van der Waals surface area contributed by atoms with Gasteiger partial charge in [0.05, 0.1) is 12.8 Å². The molecule has 13 heavy (non-hydrogen) atoms. The molecule has 0 heterocycles. The molecule has 0 saturated carbocycles. The second kappa shape index (κ2) is 4.11. The van der Waals surface area contributed by atoms with E-state index in [2.05, 4.69) is 0 Å². The summed E-state index contributed by atoms with van der Waals surface area (Å²) in [6, 6.07) is 5.29. The van der Waals surface area contributed by atoms with Gasteiger partial charge in [0.25, 0.3) is 0 Å². The fraction of sp³-hybridized carbons (Fsp3) is 0.333. The Kier molecular flexibility index (Phi) is 3.11. The van der Waals surface area contributed by atoms with Crippen molar-refractivity contribution in [3.05, 3.63) is 23.8 Å². The molecular weight excluding hydrogens is 166 g/mol. The predicted molar refractivity (Wildman–Crippen MR) is 53.4 cm³/mol. The summed E-state index contributed by atoms with van der Waals surface area (Å²) < 4.78 is 5.02. The average molecular weight is 181 g/mol. The van der Waals surface area contributed by atoms with Gasteiger partial charge in [0.2, 0.25) is 0 Å². The lowest BCUT2D eigenvalue weighted by Gasteiger charge is -2.11. The van der Waals surface area contributed by atoms with Gasteiger partial charge in [0.1, 0.15) is 5.75 Å². The van der Waals surface area contributed by atoms with Crippen LogP contribution in [0, 0.1) is 0 Å². The standard InChI is InChI=1S/C9H15N3O/c1-13-9-3-2-6(4-7(9)11)8(12)5-10/h2-4,8H,5,10-12H2,1H3. The fourth-order valence-corrected chi connectivity index (χ4v) is 1.12. The van der Waals surface area contributed by atoms with Gasteiger partial charge in [-0.1, -0.05) is 6.07 Å². The third kappa shape index (κ3) is 2.11. The summed E-state index contributed by atoms with van der Waals surface area (Å²) in [7, 11) is 1.58. The Labute approximate surface area is 77.7 Å². The molecule has 0 aliphatic rings. The number of anilines is 1. The van der Waals surface area contributed by atoms with Crippen LogP contribution in [-0.2, 0) is 0 Å². The Morgan fingerprint density at radius 1 is 1.46 bits per heavy atom. The SMILES string of the molecule is COc1ccc(C(N)CN)cc1N. The molecule has 1 rings (SSSR count). The van der Waals surface area contributed by atoms with Crippen LogP contribution < -0.4 is 21.9 Å². The number of ether oxygens (including phenoxy) is 1. The maximum atomic E-state index is 5.73. The van der Waals surface area contributed by atoms with Crippen LogP contribution in [0.4, 0.5) is 5.69 Å². The van der Waals surface area contributed by atoms with Crippen molar-refractivity contribution in [2.75, 3.05) is 19.4 Å². The Balaban J connectivity index is 2.95. The molecule has 0 aliphatic heterocycles. The summed E-state index contributed by atoms with van der Waals surface area (Å²) in [4.78, 5) is 0. The van der Waals surface area contributed by atoms with Gasteiger partial charge in [-0.3, -0.25) is 0 Å². The molecule has 4 nitrogen and oxygen atoms in total. The van der Waals surface area contributed by atoms with Gasteiger partial charge in [0.15, 0.2) is 0 Å². The van der Waals surface area contributed by atoms with Crippen LogP contribution in [-0.4, -0.2) is 13.7 Å². The molecule has 0 saturated heterocycles. The van der Waals surface area contributed by atoms with E-state index < -0.39 is 0 Å². The van der Waals surface area contributed by atoms with Crippen LogP contribution >= 0.6 is 0 Å². The van der Waals surface area contributed by atoms with Crippen LogP contribution in [0.15, 0.2) is 18.2 Å². The van der Waals surface area contributed by atoms with Crippen LogP contribution in [0.1, 0.15) is 11.6 Å². The summed E-state index contributed by atoms with van der Waals surface area (Å²) >= 11 is 0. The Hall–Kier alpha value is -1.26. The number of nitrogen functional groups attached to an aromatic ring is 1. The van der Waals surface area contributed by atoms with Gasteiger partial charge in [-0.05, 0) is 17.7 Å². The van der Waals surface area contributed by atoms with Gasteiger partial charge in [-0.15, -0.1) is 0 Å². The number of hydrogen-bond donors (Lipinski definition) is 3. The van der Waals surface area contributed by atoms with Crippen molar-refractivity contribution in [2.45, 2.75) is 6.04 Å². The topological polar surface area (TPSA) is 87.3 Å². The molecule has 6 N–H and O–H groups in total. The first-order valence-corrected chi connectivity index (χ1v) is 4.08. The fourth-order valence-electron chi connectivity index (χ4n) is 1.12. The van der Waals surface area contributed by atoms with Crippen LogP contribution in [0.25, 0.3) is 0 Å². The molecular formula is C9H15N3O. The summed E-state index contributed by atoms with van der Waals surface area (Å²) in [5.41, 5.74) is 18.4. The lowest BCUT2D eigenvalue weighted by molar-refractivity contribution is 0.416. The van der Waals surface area contributed by atoms with E-state index in [0.29, 0.717) is 18.0 Å². The lowest BCUT2D eigenvalue weighted by atomic mass is 10.1. The molecule has 0 spiro atoms. The maximum Gasteiger partial charge on any atom is 0.141 e. The minimum absolute atomic E-state index is 0.159. The van der Waals surface area contributed by atoms with E-state index in [9.17, 15) is 0 Å². The number of hydrogen-bond acceptors (Lipinski definition) is 4. The van der Waals surface area contributed by atoms with Gasteiger partial charge >= 0.3 is 0 Å².